The number of sulfonamides is 1. The molecule has 0 spiro atoms. The van der Waals surface area contributed by atoms with E-state index in [0.717, 1.165) is 0 Å². The highest BCUT2D eigenvalue weighted by Gasteiger charge is 2.27. The van der Waals surface area contributed by atoms with Gasteiger partial charge in [-0.3, -0.25) is 0 Å². The largest absolute Gasteiger partial charge is 0.396 e. The van der Waals surface area contributed by atoms with Crippen molar-refractivity contribution in [3.05, 3.63) is 0 Å². The molecule has 0 bridgehead atoms. The van der Waals surface area contributed by atoms with Gasteiger partial charge in [-0.1, -0.05) is 20.8 Å². The molecule has 0 saturated carbocycles. The average Bonchev–Trinajstić information content (AvgIpc) is 2.18. The molecular formula is C10H20N2O3S. The second-order valence-corrected chi connectivity index (χ2v) is 5.95. The highest BCUT2D eigenvalue weighted by Crippen LogP contribution is 2.11. The molecule has 5 nitrogen and oxygen atoms in total. The Labute approximate surface area is 97.5 Å². The number of hydrogen-bond donors (Lipinski definition) is 2. The molecule has 0 radical (unpaired) electrons. The number of nitrogens with zero attached hydrogens (tertiary/aromatic N) is 1. The van der Waals surface area contributed by atoms with Gasteiger partial charge in [-0.05, 0) is 18.8 Å². The maximum Gasteiger partial charge on any atom is 0.228 e. The lowest BCUT2D eigenvalue weighted by atomic mass is 10.0. The van der Waals surface area contributed by atoms with Gasteiger partial charge in [-0.15, -0.1) is 0 Å². The van der Waals surface area contributed by atoms with Crippen LogP contribution in [0.2, 0.25) is 0 Å². The lowest BCUT2D eigenvalue weighted by molar-refractivity contribution is 0.255. The van der Waals surface area contributed by atoms with E-state index in [1.807, 2.05) is 13.8 Å². The molecule has 94 valence electrons. The normalized spacial score (nSPS) is 15.8. The molecule has 0 amide bonds. The second-order valence-electron chi connectivity index (χ2n) is 4.05. The number of hydrogen-bond acceptors (Lipinski definition) is 4. The zero-order valence-electron chi connectivity index (χ0n) is 9.97. The van der Waals surface area contributed by atoms with E-state index in [4.69, 9.17) is 10.4 Å². The molecule has 0 aliphatic carbocycles. The molecule has 16 heavy (non-hydrogen) atoms. The SMILES string of the molecule is CCC(C#N)S(=O)(=O)NC(CCO)C(C)C. The minimum absolute atomic E-state index is 0.0747. The monoisotopic (exact) mass is 248 g/mol. The molecule has 2 unspecified atom stereocenters. The van der Waals surface area contributed by atoms with Crippen molar-refractivity contribution in [2.45, 2.75) is 44.9 Å². The van der Waals surface area contributed by atoms with E-state index in [9.17, 15) is 8.42 Å². The Bertz CT molecular complexity index is 332. The molecule has 6 heteroatoms. The van der Waals surface area contributed by atoms with Gasteiger partial charge >= 0.3 is 0 Å². The summed E-state index contributed by atoms with van der Waals surface area (Å²) in [6.07, 6.45) is 0.620. The molecule has 0 fully saturated rings. The molecule has 0 heterocycles. The van der Waals surface area contributed by atoms with Crippen molar-refractivity contribution in [3.8, 4) is 6.07 Å². The van der Waals surface area contributed by atoms with Crippen LogP contribution in [-0.4, -0.2) is 31.4 Å². The van der Waals surface area contributed by atoms with Gasteiger partial charge in [0.2, 0.25) is 10.0 Å². The first-order chi connectivity index (χ1) is 7.38. The van der Waals surface area contributed by atoms with E-state index >= 15 is 0 Å². The molecule has 0 aromatic carbocycles. The van der Waals surface area contributed by atoms with Crippen molar-refractivity contribution < 1.29 is 13.5 Å². The van der Waals surface area contributed by atoms with Crippen molar-refractivity contribution in [2.24, 2.45) is 5.92 Å². The van der Waals surface area contributed by atoms with E-state index < -0.39 is 15.3 Å². The standard InChI is InChI=1S/C10H20N2O3S/c1-4-9(7-11)16(14,15)12-10(5-6-13)8(2)3/h8-10,12-13H,4-6H2,1-3H3. The third kappa shape index (κ3) is 4.47. The van der Waals surface area contributed by atoms with Crippen LogP contribution in [0.15, 0.2) is 0 Å². The number of nitrogens with one attached hydrogen (secondary N) is 1. The van der Waals surface area contributed by atoms with E-state index in [1.54, 1.807) is 13.0 Å². The first-order valence-corrected chi connectivity index (χ1v) is 6.95. The van der Waals surface area contributed by atoms with E-state index in [1.165, 1.54) is 0 Å². The quantitative estimate of drug-likeness (QED) is 0.691. The Balaban J connectivity index is 4.73. The molecule has 0 rings (SSSR count). The molecule has 0 saturated heterocycles. The van der Waals surface area contributed by atoms with Crippen molar-refractivity contribution in [2.75, 3.05) is 6.61 Å². The highest BCUT2D eigenvalue weighted by molar-refractivity contribution is 7.90. The van der Waals surface area contributed by atoms with Crippen LogP contribution in [0, 0.1) is 17.2 Å². The van der Waals surface area contributed by atoms with E-state index in [0.29, 0.717) is 6.42 Å². The zero-order valence-corrected chi connectivity index (χ0v) is 10.8. The first kappa shape index (κ1) is 15.4. The third-order valence-electron chi connectivity index (χ3n) is 2.45. The van der Waals surface area contributed by atoms with Crippen molar-refractivity contribution in [3.63, 3.8) is 0 Å². The van der Waals surface area contributed by atoms with Crippen LogP contribution in [0.4, 0.5) is 0 Å². The Morgan fingerprint density at radius 1 is 1.44 bits per heavy atom. The molecule has 2 N–H and O–H groups in total. The number of aliphatic hydroxyl groups excluding tert-OH is 1. The lowest BCUT2D eigenvalue weighted by Crippen LogP contribution is -2.43. The third-order valence-corrected chi connectivity index (χ3v) is 4.27. The van der Waals surface area contributed by atoms with Crippen molar-refractivity contribution >= 4 is 10.0 Å². The van der Waals surface area contributed by atoms with Gasteiger partial charge in [0.1, 0.15) is 0 Å². The molecular weight excluding hydrogens is 228 g/mol. The number of rotatable bonds is 7. The Morgan fingerprint density at radius 3 is 2.31 bits per heavy atom. The minimum Gasteiger partial charge on any atom is -0.396 e. The fourth-order valence-corrected chi connectivity index (χ4v) is 2.89. The van der Waals surface area contributed by atoms with Crippen LogP contribution < -0.4 is 4.72 Å². The molecule has 0 aromatic rings. The maximum atomic E-state index is 11.8. The lowest BCUT2D eigenvalue weighted by Gasteiger charge is -2.22. The van der Waals surface area contributed by atoms with Gasteiger partial charge in [0.05, 0.1) is 6.07 Å². The predicted molar refractivity (Wildman–Crippen MR) is 62.1 cm³/mol. The summed E-state index contributed by atoms with van der Waals surface area (Å²) in [5.74, 6) is 0.0816. The molecule has 0 aromatic heterocycles. The summed E-state index contributed by atoms with van der Waals surface area (Å²) in [6, 6.07) is 1.44. The topological polar surface area (TPSA) is 90.2 Å². The van der Waals surface area contributed by atoms with Gasteiger partial charge in [-0.25, -0.2) is 13.1 Å². The van der Waals surface area contributed by atoms with Gasteiger partial charge in [0, 0.05) is 12.6 Å². The summed E-state index contributed by atoms with van der Waals surface area (Å²) >= 11 is 0. The summed E-state index contributed by atoms with van der Waals surface area (Å²) in [5, 5.41) is 16.5. The highest BCUT2D eigenvalue weighted by atomic mass is 32.2. The van der Waals surface area contributed by atoms with E-state index in [2.05, 4.69) is 4.72 Å². The van der Waals surface area contributed by atoms with Crippen LogP contribution in [0.25, 0.3) is 0 Å². The van der Waals surface area contributed by atoms with Crippen LogP contribution in [0.1, 0.15) is 33.6 Å². The van der Waals surface area contributed by atoms with Crippen LogP contribution in [0.5, 0.6) is 0 Å². The zero-order chi connectivity index (χ0) is 12.8. The number of nitriles is 1. The fraction of sp³-hybridized carbons (Fsp3) is 0.900. The van der Waals surface area contributed by atoms with Crippen molar-refractivity contribution in [1.29, 1.82) is 5.26 Å². The molecule has 2 atom stereocenters. The minimum atomic E-state index is -3.61. The Morgan fingerprint density at radius 2 is 2.00 bits per heavy atom. The van der Waals surface area contributed by atoms with E-state index in [-0.39, 0.29) is 25.0 Å². The second kappa shape index (κ2) is 6.84. The van der Waals surface area contributed by atoms with Crippen LogP contribution in [-0.2, 0) is 10.0 Å². The number of aliphatic hydroxyl groups is 1. The fourth-order valence-electron chi connectivity index (χ4n) is 1.34. The predicted octanol–water partition coefficient (Wildman–Crippen LogP) is 0.615. The Hall–Kier alpha value is -0.640. The molecule has 0 aliphatic rings. The van der Waals surface area contributed by atoms with Crippen LogP contribution >= 0.6 is 0 Å². The summed E-state index contributed by atoms with van der Waals surface area (Å²) in [6.45, 7) is 5.32. The first-order valence-electron chi connectivity index (χ1n) is 5.40. The van der Waals surface area contributed by atoms with Crippen LogP contribution in [0.3, 0.4) is 0 Å². The summed E-state index contributed by atoms with van der Waals surface area (Å²) in [5.41, 5.74) is 0. The van der Waals surface area contributed by atoms with Gasteiger partial charge < -0.3 is 5.11 Å². The molecule has 0 aliphatic heterocycles. The van der Waals surface area contributed by atoms with Crippen molar-refractivity contribution in [1.82, 2.24) is 4.72 Å². The van der Waals surface area contributed by atoms with Gasteiger partial charge in [0.15, 0.2) is 5.25 Å². The summed E-state index contributed by atoms with van der Waals surface area (Å²) in [7, 11) is -3.61. The Kier molecular flexibility index (Phi) is 6.56. The van der Waals surface area contributed by atoms with Gasteiger partial charge in [-0.2, -0.15) is 5.26 Å². The summed E-state index contributed by atoms with van der Waals surface area (Å²) in [4.78, 5) is 0. The average molecular weight is 248 g/mol. The maximum absolute atomic E-state index is 11.8. The summed E-state index contributed by atoms with van der Waals surface area (Å²) < 4.78 is 26.0. The van der Waals surface area contributed by atoms with Gasteiger partial charge in [0.25, 0.3) is 0 Å². The smallest absolute Gasteiger partial charge is 0.228 e.